The first kappa shape index (κ1) is 18.4. The number of fused-ring (bicyclic) bond motifs is 2. The molecule has 9 heteroatoms. The predicted molar refractivity (Wildman–Crippen MR) is 99.2 cm³/mol. The Morgan fingerprint density at radius 1 is 1.36 bits per heavy atom. The topological polar surface area (TPSA) is 71.2 Å². The Labute approximate surface area is 159 Å². The molecule has 0 bridgehead atoms. The molecule has 1 aliphatic heterocycles. The second kappa shape index (κ2) is 7.23. The number of anilines is 3. The average molecular weight is 391 g/mol. The minimum atomic E-state index is -4.49. The first-order valence-corrected chi connectivity index (χ1v) is 8.73. The normalized spacial score (nSPS) is 13.4. The second-order valence-corrected chi connectivity index (χ2v) is 6.32. The van der Waals surface area contributed by atoms with Crippen molar-refractivity contribution in [2.45, 2.75) is 12.6 Å². The minimum absolute atomic E-state index is 0.00275. The van der Waals surface area contributed by atoms with Crippen molar-refractivity contribution in [3.8, 4) is 5.75 Å². The molecule has 6 nitrogen and oxygen atoms in total. The summed E-state index contributed by atoms with van der Waals surface area (Å²) in [4.78, 5) is 6.94. The van der Waals surface area contributed by atoms with E-state index in [4.69, 9.17) is 9.47 Å². The van der Waals surface area contributed by atoms with E-state index in [1.165, 1.54) is 7.11 Å². The molecule has 0 unspecified atom stereocenters. The van der Waals surface area contributed by atoms with E-state index in [2.05, 4.69) is 26.7 Å². The van der Waals surface area contributed by atoms with Crippen LogP contribution >= 0.6 is 0 Å². The van der Waals surface area contributed by atoms with Gasteiger partial charge in [0.05, 0.1) is 29.9 Å². The fraction of sp³-hybridized carbons (Fsp3) is 0.316. The zero-order chi connectivity index (χ0) is 19.7. The zero-order valence-corrected chi connectivity index (χ0v) is 15.0. The minimum Gasteiger partial charge on any atom is -0.491 e. The SMILES string of the molecule is COCCNc1cc(Nc2cc[c]c3c2OCC3)nc2[nH]cc(C(F)(F)F)c12. The smallest absolute Gasteiger partial charge is 0.418 e. The average Bonchev–Trinajstić information content (AvgIpc) is 3.28. The summed E-state index contributed by atoms with van der Waals surface area (Å²) >= 11 is 0. The predicted octanol–water partition coefficient (Wildman–Crippen LogP) is 4.12. The van der Waals surface area contributed by atoms with E-state index < -0.39 is 11.7 Å². The number of aromatic amines is 1. The lowest BCUT2D eigenvalue weighted by Crippen LogP contribution is -2.10. The summed E-state index contributed by atoms with van der Waals surface area (Å²) in [6.07, 6.45) is -2.79. The van der Waals surface area contributed by atoms with E-state index in [1.807, 2.05) is 0 Å². The van der Waals surface area contributed by atoms with Crippen LogP contribution in [0, 0.1) is 6.07 Å². The fourth-order valence-electron chi connectivity index (χ4n) is 3.22. The fourth-order valence-corrected chi connectivity index (χ4v) is 3.22. The summed E-state index contributed by atoms with van der Waals surface area (Å²) in [7, 11) is 1.53. The molecule has 28 heavy (non-hydrogen) atoms. The highest BCUT2D eigenvalue weighted by molar-refractivity contribution is 5.95. The number of aromatic nitrogens is 2. The number of nitrogens with zero attached hydrogens (tertiary/aromatic N) is 1. The Kier molecular flexibility index (Phi) is 4.76. The van der Waals surface area contributed by atoms with Crippen LogP contribution in [0.3, 0.4) is 0 Å². The number of alkyl halides is 3. The maximum Gasteiger partial charge on any atom is 0.418 e. The number of hydrogen-bond acceptors (Lipinski definition) is 5. The summed E-state index contributed by atoms with van der Waals surface area (Å²) in [6, 6.07) is 8.26. The number of pyridine rings is 1. The number of benzene rings is 1. The number of hydrogen-bond donors (Lipinski definition) is 3. The molecule has 1 radical (unpaired) electrons. The summed E-state index contributed by atoms with van der Waals surface area (Å²) < 4.78 is 50.8. The molecule has 0 aliphatic carbocycles. The summed E-state index contributed by atoms with van der Waals surface area (Å²) in [5.41, 5.74) is 1.35. The molecule has 4 rings (SSSR count). The summed E-state index contributed by atoms with van der Waals surface area (Å²) in [5, 5.41) is 6.15. The Bertz CT molecular complexity index is 1000. The highest BCUT2D eigenvalue weighted by atomic mass is 19.4. The highest BCUT2D eigenvalue weighted by Crippen LogP contribution is 2.40. The largest absolute Gasteiger partial charge is 0.491 e. The van der Waals surface area contributed by atoms with E-state index in [-0.39, 0.29) is 11.0 Å². The lowest BCUT2D eigenvalue weighted by Gasteiger charge is -2.14. The number of H-pyrrole nitrogens is 1. The van der Waals surface area contributed by atoms with Crippen LogP contribution in [0.4, 0.5) is 30.4 Å². The van der Waals surface area contributed by atoms with Crippen LogP contribution in [0.25, 0.3) is 11.0 Å². The van der Waals surface area contributed by atoms with Crippen molar-refractivity contribution in [3.63, 3.8) is 0 Å². The zero-order valence-electron chi connectivity index (χ0n) is 15.0. The van der Waals surface area contributed by atoms with Gasteiger partial charge in [-0.3, -0.25) is 0 Å². The van der Waals surface area contributed by atoms with E-state index >= 15 is 0 Å². The Hall–Kier alpha value is -2.94. The van der Waals surface area contributed by atoms with Gasteiger partial charge < -0.3 is 25.1 Å². The maximum absolute atomic E-state index is 13.4. The Morgan fingerprint density at radius 3 is 3.00 bits per heavy atom. The first-order chi connectivity index (χ1) is 13.5. The van der Waals surface area contributed by atoms with Gasteiger partial charge >= 0.3 is 6.18 Å². The van der Waals surface area contributed by atoms with Gasteiger partial charge in [-0.05, 0) is 12.1 Å². The summed E-state index contributed by atoms with van der Waals surface area (Å²) in [5.74, 6) is 1.09. The van der Waals surface area contributed by atoms with Gasteiger partial charge in [0.2, 0.25) is 0 Å². The third kappa shape index (κ3) is 3.45. The Balaban J connectivity index is 1.75. The molecular weight excluding hydrogens is 373 g/mol. The van der Waals surface area contributed by atoms with Crippen LogP contribution in [-0.2, 0) is 17.3 Å². The number of nitrogens with one attached hydrogen (secondary N) is 3. The van der Waals surface area contributed by atoms with Gasteiger partial charge in [-0.25, -0.2) is 4.98 Å². The second-order valence-electron chi connectivity index (χ2n) is 6.32. The van der Waals surface area contributed by atoms with Gasteiger partial charge in [0.15, 0.2) is 0 Å². The van der Waals surface area contributed by atoms with Gasteiger partial charge in [0.1, 0.15) is 17.2 Å². The van der Waals surface area contributed by atoms with E-state index in [1.54, 1.807) is 18.2 Å². The third-order valence-electron chi connectivity index (χ3n) is 4.46. The lowest BCUT2D eigenvalue weighted by molar-refractivity contribution is -0.136. The van der Waals surface area contributed by atoms with Gasteiger partial charge in [-0.15, -0.1) is 0 Å². The van der Waals surface area contributed by atoms with Crippen LogP contribution in [0.2, 0.25) is 0 Å². The number of ether oxygens (including phenoxy) is 2. The molecule has 0 saturated carbocycles. The molecule has 0 atom stereocenters. The van der Waals surface area contributed by atoms with Crippen molar-refractivity contribution < 1.29 is 22.6 Å². The van der Waals surface area contributed by atoms with Gasteiger partial charge in [-0.2, -0.15) is 13.2 Å². The standard InChI is InChI=1S/C19H18F3N4O2/c1-27-8-6-23-14-9-15(25-13-4-2-3-11-5-7-28-17(11)13)26-18-16(14)12(10-24-18)19(20,21)22/h2,4,9-10H,5-8H2,1H3,(H3,23,24,25,26). The molecule has 3 heterocycles. The number of methoxy groups -OCH3 is 1. The number of rotatable bonds is 6. The lowest BCUT2D eigenvalue weighted by atomic mass is 10.1. The molecule has 0 spiro atoms. The van der Waals surface area contributed by atoms with Crippen molar-refractivity contribution >= 4 is 28.2 Å². The molecular formula is C19H18F3N4O2. The monoisotopic (exact) mass is 391 g/mol. The molecule has 2 aromatic heterocycles. The molecule has 3 N–H and O–H groups in total. The van der Waals surface area contributed by atoms with Gasteiger partial charge in [0, 0.05) is 43.6 Å². The van der Waals surface area contributed by atoms with E-state index in [0.717, 1.165) is 18.2 Å². The van der Waals surface area contributed by atoms with E-state index in [0.29, 0.717) is 42.7 Å². The van der Waals surface area contributed by atoms with Crippen molar-refractivity contribution in [3.05, 3.63) is 41.6 Å². The molecule has 1 aliphatic rings. The molecule has 1 aromatic carbocycles. The van der Waals surface area contributed by atoms with Crippen LogP contribution in [0.15, 0.2) is 24.4 Å². The highest BCUT2D eigenvalue weighted by Gasteiger charge is 2.35. The van der Waals surface area contributed by atoms with Crippen molar-refractivity contribution in [2.75, 3.05) is 37.5 Å². The van der Waals surface area contributed by atoms with Gasteiger partial charge in [0.25, 0.3) is 0 Å². The summed E-state index contributed by atoms with van der Waals surface area (Å²) in [6.45, 7) is 1.29. The van der Waals surface area contributed by atoms with Crippen LogP contribution < -0.4 is 15.4 Å². The Morgan fingerprint density at radius 2 is 2.21 bits per heavy atom. The van der Waals surface area contributed by atoms with Crippen molar-refractivity contribution in [2.24, 2.45) is 0 Å². The van der Waals surface area contributed by atoms with Crippen LogP contribution in [0.5, 0.6) is 5.75 Å². The van der Waals surface area contributed by atoms with Crippen LogP contribution in [0.1, 0.15) is 11.1 Å². The molecule has 0 amide bonds. The molecule has 0 saturated heterocycles. The molecule has 147 valence electrons. The quantitative estimate of drug-likeness (QED) is 0.552. The molecule has 0 fully saturated rings. The maximum atomic E-state index is 13.4. The third-order valence-corrected chi connectivity index (χ3v) is 4.46. The van der Waals surface area contributed by atoms with Crippen LogP contribution in [-0.4, -0.2) is 36.8 Å². The first-order valence-electron chi connectivity index (χ1n) is 8.73. The van der Waals surface area contributed by atoms with Gasteiger partial charge in [-0.1, -0.05) is 6.07 Å². The number of halogens is 3. The van der Waals surface area contributed by atoms with Crippen molar-refractivity contribution in [1.82, 2.24) is 9.97 Å². The van der Waals surface area contributed by atoms with E-state index in [9.17, 15) is 13.2 Å². The van der Waals surface area contributed by atoms with Crippen molar-refractivity contribution in [1.29, 1.82) is 0 Å². The molecule has 3 aromatic rings.